The minimum atomic E-state index is -1.20. The van der Waals surface area contributed by atoms with Gasteiger partial charge in [0.2, 0.25) is 5.82 Å². The van der Waals surface area contributed by atoms with Gasteiger partial charge in [-0.3, -0.25) is 14.8 Å². The Labute approximate surface area is 116 Å². The number of halogens is 2. The summed E-state index contributed by atoms with van der Waals surface area (Å²) in [4.78, 5) is 29.9. The van der Waals surface area contributed by atoms with Crippen LogP contribution in [0.15, 0.2) is 46.2 Å². The number of pyridine rings is 1. The van der Waals surface area contributed by atoms with Crippen LogP contribution in [0.25, 0.3) is 16.5 Å². The molecule has 100 valence electrons. The first-order valence-electron chi connectivity index (χ1n) is 5.63. The van der Waals surface area contributed by atoms with E-state index in [9.17, 15) is 14.0 Å². The van der Waals surface area contributed by atoms with Crippen LogP contribution in [0.1, 0.15) is 0 Å². The van der Waals surface area contributed by atoms with Crippen molar-refractivity contribution in [2.24, 2.45) is 0 Å². The molecule has 2 aromatic heterocycles. The van der Waals surface area contributed by atoms with Gasteiger partial charge in [0.15, 0.2) is 5.15 Å². The van der Waals surface area contributed by atoms with Crippen molar-refractivity contribution in [1.29, 1.82) is 0 Å². The van der Waals surface area contributed by atoms with E-state index in [1.807, 2.05) is 0 Å². The van der Waals surface area contributed by atoms with Gasteiger partial charge in [0.1, 0.15) is 0 Å². The van der Waals surface area contributed by atoms with Gasteiger partial charge < -0.3 is 0 Å². The Hall–Kier alpha value is -2.47. The molecule has 0 unspecified atom stereocenters. The molecule has 0 aliphatic heterocycles. The van der Waals surface area contributed by atoms with E-state index < -0.39 is 22.2 Å². The van der Waals surface area contributed by atoms with Gasteiger partial charge in [-0.2, -0.15) is 4.39 Å². The maximum Gasteiger partial charge on any atom is 0.334 e. The Bertz CT molecular complexity index is 928. The smallest absolute Gasteiger partial charge is 0.295 e. The standard InChI is InChI=1S/C13H7ClFN3O2/c14-11-10(15)12(19)18(13(20)17-11)9-3-1-2-7-4-5-16-6-8(7)9/h1-6H,(H,17,20). The van der Waals surface area contributed by atoms with Crippen molar-refractivity contribution in [2.75, 3.05) is 0 Å². The molecule has 7 heteroatoms. The Morgan fingerprint density at radius 3 is 2.85 bits per heavy atom. The fraction of sp³-hybridized carbons (Fsp3) is 0. The molecule has 0 aliphatic rings. The third kappa shape index (κ3) is 1.81. The lowest BCUT2D eigenvalue weighted by Crippen LogP contribution is -2.35. The van der Waals surface area contributed by atoms with Crippen LogP contribution in [0.2, 0.25) is 5.15 Å². The van der Waals surface area contributed by atoms with Crippen molar-refractivity contribution in [3.63, 3.8) is 0 Å². The average molecular weight is 292 g/mol. The molecule has 0 saturated heterocycles. The van der Waals surface area contributed by atoms with E-state index in [0.717, 1.165) is 5.39 Å². The fourth-order valence-corrected chi connectivity index (χ4v) is 2.16. The van der Waals surface area contributed by atoms with Gasteiger partial charge >= 0.3 is 5.69 Å². The molecule has 2 heterocycles. The molecule has 0 fully saturated rings. The van der Waals surface area contributed by atoms with Gasteiger partial charge in [-0.05, 0) is 17.5 Å². The summed E-state index contributed by atoms with van der Waals surface area (Å²) in [6.45, 7) is 0. The molecule has 0 aliphatic carbocycles. The SMILES string of the molecule is O=c1[nH]c(Cl)c(F)c(=O)n1-c1cccc2ccncc12. The minimum absolute atomic E-state index is 0.248. The van der Waals surface area contributed by atoms with E-state index in [2.05, 4.69) is 9.97 Å². The van der Waals surface area contributed by atoms with E-state index in [1.54, 1.807) is 24.4 Å². The first kappa shape index (κ1) is 12.6. The lowest BCUT2D eigenvalue weighted by molar-refractivity contribution is 0.585. The van der Waals surface area contributed by atoms with Crippen LogP contribution in [0.4, 0.5) is 4.39 Å². The number of nitrogens with zero attached hydrogens (tertiary/aromatic N) is 2. The summed E-state index contributed by atoms with van der Waals surface area (Å²) < 4.78 is 14.3. The first-order chi connectivity index (χ1) is 9.59. The van der Waals surface area contributed by atoms with Crippen LogP contribution < -0.4 is 11.2 Å². The van der Waals surface area contributed by atoms with Crippen molar-refractivity contribution in [3.05, 3.63) is 68.5 Å². The Balaban J connectivity index is 2.47. The van der Waals surface area contributed by atoms with Crippen LogP contribution in [0.5, 0.6) is 0 Å². The van der Waals surface area contributed by atoms with Crippen molar-refractivity contribution in [1.82, 2.24) is 14.5 Å². The van der Waals surface area contributed by atoms with E-state index in [1.165, 1.54) is 12.3 Å². The lowest BCUT2D eigenvalue weighted by Gasteiger charge is -2.08. The molecule has 0 saturated carbocycles. The summed E-state index contributed by atoms with van der Waals surface area (Å²) in [5.41, 5.74) is -1.66. The van der Waals surface area contributed by atoms with Crippen LogP contribution in [-0.2, 0) is 0 Å². The molecule has 0 atom stereocenters. The summed E-state index contributed by atoms with van der Waals surface area (Å²) in [5, 5.41) is 0.734. The molecule has 0 bridgehead atoms. The van der Waals surface area contributed by atoms with Gasteiger partial charge in [-0.15, -0.1) is 0 Å². The number of aromatic nitrogens is 3. The van der Waals surface area contributed by atoms with E-state index in [-0.39, 0.29) is 5.69 Å². The molecular formula is C13H7ClFN3O2. The molecule has 3 rings (SSSR count). The topological polar surface area (TPSA) is 67.8 Å². The zero-order valence-electron chi connectivity index (χ0n) is 9.93. The Kier molecular flexibility index (Phi) is 2.87. The Morgan fingerprint density at radius 2 is 2.05 bits per heavy atom. The predicted molar refractivity (Wildman–Crippen MR) is 72.9 cm³/mol. The van der Waals surface area contributed by atoms with Gasteiger partial charge in [0.25, 0.3) is 5.56 Å². The number of fused-ring (bicyclic) bond motifs is 1. The van der Waals surface area contributed by atoms with Gasteiger partial charge in [0, 0.05) is 17.8 Å². The molecule has 0 radical (unpaired) electrons. The summed E-state index contributed by atoms with van der Waals surface area (Å²) in [7, 11) is 0. The highest BCUT2D eigenvalue weighted by Crippen LogP contribution is 2.19. The van der Waals surface area contributed by atoms with Crippen molar-refractivity contribution in [2.45, 2.75) is 0 Å². The number of H-pyrrole nitrogens is 1. The predicted octanol–water partition coefficient (Wildman–Crippen LogP) is 1.87. The number of benzene rings is 1. The molecule has 3 aromatic rings. The number of hydrogen-bond donors (Lipinski definition) is 1. The number of rotatable bonds is 1. The van der Waals surface area contributed by atoms with Crippen molar-refractivity contribution in [3.8, 4) is 5.69 Å². The molecular weight excluding hydrogens is 285 g/mol. The second-order valence-electron chi connectivity index (χ2n) is 4.07. The fourth-order valence-electron chi connectivity index (χ4n) is 2.00. The van der Waals surface area contributed by atoms with Crippen LogP contribution in [0, 0.1) is 5.82 Å². The largest absolute Gasteiger partial charge is 0.334 e. The molecule has 1 aromatic carbocycles. The van der Waals surface area contributed by atoms with E-state index >= 15 is 0 Å². The van der Waals surface area contributed by atoms with Gasteiger partial charge in [-0.25, -0.2) is 9.36 Å². The number of hydrogen-bond acceptors (Lipinski definition) is 3. The lowest BCUT2D eigenvalue weighted by atomic mass is 10.1. The van der Waals surface area contributed by atoms with E-state index in [4.69, 9.17) is 11.6 Å². The highest BCUT2D eigenvalue weighted by atomic mass is 35.5. The average Bonchev–Trinajstić information content (AvgIpc) is 2.45. The maximum absolute atomic E-state index is 13.6. The summed E-state index contributed by atoms with van der Waals surface area (Å²) in [6, 6.07) is 6.72. The van der Waals surface area contributed by atoms with Crippen molar-refractivity contribution < 1.29 is 4.39 Å². The third-order valence-corrected chi connectivity index (χ3v) is 3.17. The van der Waals surface area contributed by atoms with Crippen LogP contribution in [0.3, 0.4) is 0 Å². The molecule has 5 nitrogen and oxygen atoms in total. The second-order valence-corrected chi connectivity index (χ2v) is 4.45. The maximum atomic E-state index is 13.6. The van der Waals surface area contributed by atoms with Gasteiger partial charge in [0.05, 0.1) is 5.69 Å². The third-order valence-electron chi connectivity index (χ3n) is 2.90. The van der Waals surface area contributed by atoms with Crippen LogP contribution >= 0.6 is 11.6 Å². The highest BCUT2D eigenvalue weighted by molar-refractivity contribution is 6.29. The minimum Gasteiger partial charge on any atom is -0.295 e. The summed E-state index contributed by atoms with van der Waals surface area (Å²) in [6.07, 6.45) is 3.09. The summed E-state index contributed by atoms with van der Waals surface area (Å²) in [5.74, 6) is -1.20. The number of nitrogens with one attached hydrogen (secondary N) is 1. The number of aromatic amines is 1. The molecule has 0 amide bonds. The molecule has 1 N–H and O–H groups in total. The highest BCUT2D eigenvalue weighted by Gasteiger charge is 2.15. The van der Waals surface area contributed by atoms with Gasteiger partial charge in [-0.1, -0.05) is 23.7 Å². The van der Waals surface area contributed by atoms with Crippen LogP contribution in [-0.4, -0.2) is 14.5 Å². The molecule has 20 heavy (non-hydrogen) atoms. The zero-order chi connectivity index (χ0) is 14.3. The van der Waals surface area contributed by atoms with E-state index in [0.29, 0.717) is 9.95 Å². The summed E-state index contributed by atoms with van der Waals surface area (Å²) >= 11 is 5.44. The second kappa shape index (κ2) is 4.57. The molecule has 0 spiro atoms. The zero-order valence-corrected chi connectivity index (χ0v) is 10.7. The van der Waals surface area contributed by atoms with Crippen molar-refractivity contribution >= 4 is 22.4 Å². The normalized spacial score (nSPS) is 10.9. The Morgan fingerprint density at radius 1 is 1.25 bits per heavy atom. The first-order valence-corrected chi connectivity index (χ1v) is 6.01. The quantitative estimate of drug-likeness (QED) is 0.696. The monoisotopic (exact) mass is 291 g/mol.